The summed E-state index contributed by atoms with van der Waals surface area (Å²) in [7, 11) is 0. The van der Waals surface area contributed by atoms with Gasteiger partial charge < -0.3 is 14.7 Å². The van der Waals surface area contributed by atoms with Crippen molar-refractivity contribution in [3.63, 3.8) is 0 Å². The van der Waals surface area contributed by atoms with Gasteiger partial charge in [0.05, 0.1) is 11.4 Å². The van der Waals surface area contributed by atoms with E-state index in [0.717, 1.165) is 49.9 Å². The summed E-state index contributed by atoms with van der Waals surface area (Å²) in [6.45, 7) is 10.1. The molecule has 7 heteroatoms. The van der Waals surface area contributed by atoms with E-state index < -0.39 is 12.1 Å². The third-order valence-electron chi connectivity index (χ3n) is 4.71. The number of aliphatic carboxylic acids is 1. The molecule has 0 aliphatic carbocycles. The Balaban J connectivity index is 1.53. The standard InChI is InChI=1S/C20H26N4O3/c1-14-12-21-15(2)19(22-14)24-10-8-23(9-11-24)13-17-4-6-18(7-5-17)27-16(3)20(25)26/h4-7,12,16H,8-11,13H2,1-3H3,(H,25,26)/t16-/m0/s1. The monoisotopic (exact) mass is 370 g/mol. The fourth-order valence-corrected chi connectivity index (χ4v) is 3.13. The van der Waals surface area contributed by atoms with Crippen molar-refractivity contribution < 1.29 is 14.6 Å². The molecule has 1 atom stereocenters. The van der Waals surface area contributed by atoms with Crippen LogP contribution in [0.3, 0.4) is 0 Å². The molecule has 1 fully saturated rings. The second kappa shape index (κ2) is 8.35. The largest absolute Gasteiger partial charge is 0.479 e. The maximum Gasteiger partial charge on any atom is 0.344 e. The fraction of sp³-hybridized carbons (Fsp3) is 0.450. The van der Waals surface area contributed by atoms with Crippen LogP contribution >= 0.6 is 0 Å². The van der Waals surface area contributed by atoms with E-state index in [4.69, 9.17) is 9.84 Å². The van der Waals surface area contributed by atoms with Crippen molar-refractivity contribution >= 4 is 11.8 Å². The molecule has 27 heavy (non-hydrogen) atoms. The number of hydrogen-bond donors (Lipinski definition) is 1. The Morgan fingerprint density at radius 1 is 1.19 bits per heavy atom. The van der Waals surface area contributed by atoms with Gasteiger partial charge in [-0.15, -0.1) is 0 Å². The second-order valence-electron chi connectivity index (χ2n) is 6.93. The molecule has 144 valence electrons. The summed E-state index contributed by atoms with van der Waals surface area (Å²) in [5, 5.41) is 8.91. The molecule has 0 unspecified atom stereocenters. The zero-order valence-electron chi connectivity index (χ0n) is 16.1. The van der Waals surface area contributed by atoms with Crippen LogP contribution in [0, 0.1) is 13.8 Å². The Hall–Kier alpha value is -2.67. The smallest absolute Gasteiger partial charge is 0.344 e. The summed E-state index contributed by atoms with van der Waals surface area (Å²) < 4.78 is 5.37. The molecule has 1 aromatic carbocycles. The highest BCUT2D eigenvalue weighted by molar-refractivity contribution is 5.72. The normalized spacial score (nSPS) is 16.2. The molecule has 2 heterocycles. The summed E-state index contributed by atoms with van der Waals surface area (Å²) in [4.78, 5) is 24.6. The van der Waals surface area contributed by atoms with Gasteiger partial charge >= 0.3 is 5.97 Å². The molecule has 7 nitrogen and oxygen atoms in total. The Kier molecular flexibility index (Phi) is 5.91. The van der Waals surface area contributed by atoms with Crippen LogP contribution in [0.1, 0.15) is 23.9 Å². The van der Waals surface area contributed by atoms with Gasteiger partial charge in [0, 0.05) is 38.9 Å². The zero-order chi connectivity index (χ0) is 19.4. The molecule has 1 N–H and O–H groups in total. The number of ether oxygens (including phenoxy) is 1. The number of carbonyl (C=O) groups is 1. The average Bonchev–Trinajstić information content (AvgIpc) is 2.66. The molecule has 1 saturated heterocycles. The minimum atomic E-state index is -0.967. The maximum atomic E-state index is 10.9. The van der Waals surface area contributed by atoms with E-state index >= 15 is 0 Å². The van der Waals surface area contributed by atoms with Crippen LogP contribution in [-0.4, -0.2) is 58.2 Å². The van der Waals surface area contributed by atoms with Gasteiger partial charge in [0.25, 0.3) is 0 Å². The molecule has 0 spiro atoms. The predicted octanol–water partition coefficient (Wildman–Crippen LogP) is 2.27. The first kappa shape index (κ1) is 19.1. The van der Waals surface area contributed by atoms with Crippen molar-refractivity contribution in [3.05, 3.63) is 47.4 Å². The molecule has 3 rings (SSSR count). The van der Waals surface area contributed by atoms with Crippen molar-refractivity contribution in [3.8, 4) is 5.75 Å². The molecular formula is C20H26N4O3. The third kappa shape index (κ3) is 4.95. The number of nitrogens with zero attached hydrogens (tertiary/aromatic N) is 4. The van der Waals surface area contributed by atoms with Gasteiger partial charge in [-0.25, -0.2) is 9.78 Å². The van der Waals surface area contributed by atoms with Crippen LogP contribution in [0.5, 0.6) is 5.75 Å². The van der Waals surface area contributed by atoms with Crippen molar-refractivity contribution in [1.82, 2.24) is 14.9 Å². The van der Waals surface area contributed by atoms with E-state index in [2.05, 4.69) is 19.8 Å². The number of rotatable bonds is 6. The molecule has 1 aliphatic rings. The van der Waals surface area contributed by atoms with Crippen LogP contribution in [0.2, 0.25) is 0 Å². The lowest BCUT2D eigenvalue weighted by Crippen LogP contribution is -2.46. The highest BCUT2D eigenvalue weighted by Crippen LogP contribution is 2.19. The Morgan fingerprint density at radius 2 is 1.85 bits per heavy atom. The first-order valence-corrected chi connectivity index (χ1v) is 9.18. The quantitative estimate of drug-likeness (QED) is 0.835. The second-order valence-corrected chi connectivity index (χ2v) is 6.93. The van der Waals surface area contributed by atoms with Crippen LogP contribution < -0.4 is 9.64 Å². The summed E-state index contributed by atoms with van der Waals surface area (Å²) in [5.41, 5.74) is 3.10. The van der Waals surface area contributed by atoms with E-state index in [0.29, 0.717) is 5.75 Å². The predicted molar refractivity (Wildman–Crippen MR) is 103 cm³/mol. The highest BCUT2D eigenvalue weighted by Gasteiger charge is 2.20. The lowest BCUT2D eigenvalue weighted by atomic mass is 10.2. The van der Waals surface area contributed by atoms with Gasteiger partial charge in [0.2, 0.25) is 0 Å². The van der Waals surface area contributed by atoms with Crippen molar-refractivity contribution in [1.29, 1.82) is 0 Å². The summed E-state index contributed by atoms with van der Waals surface area (Å²) in [6.07, 6.45) is 0.955. The number of aryl methyl sites for hydroxylation is 2. The Morgan fingerprint density at radius 3 is 2.48 bits per heavy atom. The lowest BCUT2D eigenvalue weighted by Gasteiger charge is -2.35. The average molecular weight is 370 g/mol. The zero-order valence-corrected chi connectivity index (χ0v) is 16.1. The first-order chi connectivity index (χ1) is 12.9. The summed E-state index contributed by atoms with van der Waals surface area (Å²) in [6, 6.07) is 7.65. The van der Waals surface area contributed by atoms with Crippen LogP contribution in [-0.2, 0) is 11.3 Å². The first-order valence-electron chi connectivity index (χ1n) is 9.18. The minimum absolute atomic E-state index is 0.576. The number of carboxylic acids is 1. The lowest BCUT2D eigenvalue weighted by molar-refractivity contribution is -0.144. The molecule has 2 aromatic rings. The van der Waals surface area contributed by atoms with Crippen molar-refractivity contribution in [2.45, 2.75) is 33.4 Å². The number of anilines is 1. The number of benzene rings is 1. The van der Waals surface area contributed by atoms with E-state index in [1.165, 1.54) is 12.5 Å². The minimum Gasteiger partial charge on any atom is -0.479 e. The van der Waals surface area contributed by atoms with Crippen molar-refractivity contribution in [2.24, 2.45) is 0 Å². The van der Waals surface area contributed by atoms with E-state index in [1.807, 2.05) is 38.1 Å². The number of hydrogen-bond acceptors (Lipinski definition) is 6. The third-order valence-corrected chi connectivity index (χ3v) is 4.71. The van der Waals surface area contributed by atoms with E-state index in [-0.39, 0.29) is 0 Å². The van der Waals surface area contributed by atoms with Gasteiger partial charge in [0.1, 0.15) is 11.6 Å². The van der Waals surface area contributed by atoms with Crippen LogP contribution in [0.4, 0.5) is 5.82 Å². The molecule has 0 radical (unpaired) electrons. The van der Waals surface area contributed by atoms with Gasteiger partial charge in [-0.3, -0.25) is 9.88 Å². The molecule has 1 aromatic heterocycles. The number of carboxylic acid groups (broad SMARTS) is 1. The molecular weight excluding hydrogens is 344 g/mol. The summed E-state index contributed by atoms with van der Waals surface area (Å²) >= 11 is 0. The number of piperazine rings is 1. The Labute approximate surface area is 159 Å². The van der Waals surface area contributed by atoms with Gasteiger partial charge in [0.15, 0.2) is 6.10 Å². The van der Waals surface area contributed by atoms with Crippen LogP contribution in [0.15, 0.2) is 30.5 Å². The highest BCUT2D eigenvalue weighted by atomic mass is 16.5. The molecule has 0 bridgehead atoms. The topological polar surface area (TPSA) is 78.8 Å². The number of aromatic nitrogens is 2. The van der Waals surface area contributed by atoms with Crippen LogP contribution in [0.25, 0.3) is 0 Å². The Bertz CT molecular complexity index is 786. The van der Waals surface area contributed by atoms with E-state index in [1.54, 1.807) is 6.20 Å². The fourth-order valence-electron chi connectivity index (χ4n) is 3.13. The van der Waals surface area contributed by atoms with Gasteiger partial charge in [-0.2, -0.15) is 0 Å². The molecule has 1 aliphatic heterocycles. The van der Waals surface area contributed by atoms with Gasteiger partial charge in [-0.1, -0.05) is 12.1 Å². The molecule has 0 amide bonds. The summed E-state index contributed by atoms with van der Waals surface area (Å²) in [5.74, 6) is 0.598. The van der Waals surface area contributed by atoms with E-state index in [9.17, 15) is 4.79 Å². The maximum absolute atomic E-state index is 10.9. The SMILES string of the molecule is Cc1cnc(C)c(N2CCN(Cc3ccc(O[C@@H](C)C(=O)O)cc3)CC2)n1. The van der Waals surface area contributed by atoms with Crippen molar-refractivity contribution in [2.75, 3.05) is 31.1 Å². The van der Waals surface area contributed by atoms with Gasteiger partial charge in [-0.05, 0) is 38.5 Å². The molecule has 0 saturated carbocycles.